The molecule has 2 saturated heterocycles. The number of carboxylic acid groups (broad SMARTS) is 1. The molecule has 3 rings (SSSR count). The number of carbonyl (C=O) groups is 2. The predicted molar refractivity (Wildman–Crippen MR) is 84.3 cm³/mol. The number of rotatable bonds is 3. The number of hydrazine groups is 1. The lowest BCUT2D eigenvalue weighted by atomic mass is 10.0. The molecule has 2 aliphatic rings. The Morgan fingerprint density at radius 2 is 1.95 bits per heavy atom. The van der Waals surface area contributed by atoms with Crippen LogP contribution in [0, 0.1) is 0 Å². The molecule has 3 unspecified atom stereocenters. The number of nitrogens with zero attached hydrogens (tertiary/aromatic N) is 1. The van der Waals surface area contributed by atoms with Gasteiger partial charge in [-0.3, -0.25) is 4.79 Å². The Morgan fingerprint density at radius 3 is 2.64 bits per heavy atom. The van der Waals surface area contributed by atoms with E-state index in [0.29, 0.717) is 13.0 Å². The Hall–Kier alpha value is -1.44. The number of hydrogen-bond donors (Lipinski definition) is 3. The molecule has 7 heteroatoms. The average molecular weight is 368 g/mol. The van der Waals surface area contributed by atoms with Crippen LogP contribution in [0.15, 0.2) is 30.3 Å². The van der Waals surface area contributed by atoms with Crippen LogP contribution in [0.2, 0.25) is 0 Å². The second-order valence-electron chi connectivity index (χ2n) is 5.63. The summed E-state index contributed by atoms with van der Waals surface area (Å²) >= 11 is 3.59. The van der Waals surface area contributed by atoms with Crippen molar-refractivity contribution in [3.8, 4) is 0 Å². The van der Waals surface area contributed by atoms with Crippen molar-refractivity contribution in [2.75, 3.05) is 6.54 Å². The molecule has 3 N–H and O–H groups in total. The lowest BCUT2D eigenvalue weighted by molar-refractivity contribution is -0.148. The number of benzene rings is 1. The Morgan fingerprint density at radius 1 is 1.23 bits per heavy atom. The topological polar surface area (TPSA) is 81.7 Å². The lowest BCUT2D eigenvalue weighted by Gasteiger charge is -2.26. The van der Waals surface area contributed by atoms with Crippen molar-refractivity contribution in [2.45, 2.75) is 35.8 Å². The Balaban J connectivity index is 1.73. The van der Waals surface area contributed by atoms with Crippen LogP contribution in [-0.2, 0) is 9.59 Å². The summed E-state index contributed by atoms with van der Waals surface area (Å²) in [5, 5.41) is 9.23. The van der Waals surface area contributed by atoms with Crippen LogP contribution < -0.4 is 10.9 Å². The summed E-state index contributed by atoms with van der Waals surface area (Å²) in [6.07, 6.45) is 1.26. The highest BCUT2D eigenvalue weighted by molar-refractivity contribution is 9.09. The summed E-state index contributed by atoms with van der Waals surface area (Å²) in [6.45, 7) is 0.504. The third kappa shape index (κ3) is 2.76. The summed E-state index contributed by atoms with van der Waals surface area (Å²) in [6, 6.07) is 8.61. The van der Waals surface area contributed by atoms with Crippen molar-refractivity contribution in [3.05, 3.63) is 35.9 Å². The number of alkyl halides is 1. The maximum Gasteiger partial charge on any atom is 0.326 e. The minimum Gasteiger partial charge on any atom is -0.480 e. The first-order valence-electron chi connectivity index (χ1n) is 7.33. The smallest absolute Gasteiger partial charge is 0.326 e. The van der Waals surface area contributed by atoms with E-state index in [4.69, 9.17) is 0 Å². The summed E-state index contributed by atoms with van der Waals surface area (Å²) in [7, 11) is 0. The Labute approximate surface area is 137 Å². The molecule has 0 spiro atoms. The number of hydrogen-bond acceptors (Lipinski definition) is 4. The van der Waals surface area contributed by atoms with Crippen molar-refractivity contribution in [3.63, 3.8) is 0 Å². The van der Waals surface area contributed by atoms with Crippen molar-refractivity contribution >= 4 is 27.8 Å². The number of carboxylic acids is 1. The van der Waals surface area contributed by atoms with Crippen LogP contribution in [-0.4, -0.2) is 45.3 Å². The number of aliphatic carboxylic acids is 1. The zero-order chi connectivity index (χ0) is 15.7. The van der Waals surface area contributed by atoms with Gasteiger partial charge in [0.25, 0.3) is 0 Å². The first kappa shape index (κ1) is 15.5. The molecule has 0 bridgehead atoms. The van der Waals surface area contributed by atoms with E-state index < -0.39 is 18.1 Å². The van der Waals surface area contributed by atoms with Gasteiger partial charge < -0.3 is 10.0 Å². The van der Waals surface area contributed by atoms with Gasteiger partial charge in [-0.25, -0.2) is 15.6 Å². The van der Waals surface area contributed by atoms with Crippen molar-refractivity contribution in [2.24, 2.45) is 0 Å². The fourth-order valence-corrected chi connectivity index (χ4v) is 3.92. The minimum atomic E-state index is -0.928. The zero-order valence-corrected chi connectivity index (χ0v) is 13.5. The molecule has 2 aliphatic heterocycles. The quantitative estimate of drug-likeness (QED) is 0.695. The van der Waals surface area contributed by atoms with E-state index in [-0.39, 0.29) is 16.8 Å². The van der Waals surface area contributed by atoms with Gasteiger partial charge in [-0.1, -0.05) is 46.3 Å². The number of nitrogens with one attached hydrogen (secondary N) is 2. The fourth-order valence-electron chi connectivity index (χ4n) is 3.12. The molecule has 0 saturated carbocycles. The second-order valence-corrected chi connectivity index (χ2v) is 6.68. The van der Waals surface area contributed by atoms with Gasteiger partial charge in [0.15, 0.2) is 0 Å². The van der Waals surface area contributed by atoms with Gasteiger partial charge in [0.2, 0.25) is 5.91 Å². The molecule has 22 heavy (non-hydrogen) atoms. The third-order valence-electron chi connectivity index (χ3n) is 4.28. The van der Waals surface area contributed by atoms with Crippen molar-refractivity contribution < 1.29 is 14.7 Å². The van der Waals surface area contributed by atoms with E-state index in [1.165, 1.54) is 4.90 Å². The third-order valence-corrected chi connectivity index (χ3v) is 5.33. The molecule has 2 fully saturated rings. The van der Waals surface area contributed by atoms with E-state index in [2.05, 4.69) is 26.8 Å². The van der Waals surface area contributed by atoms with E-state index >= 15 is 0 Å². The molecule has 118 valence electrons. The molecule has 0 aliphatic carbocycles. The summed E-state index contributed by atoms with van der Waals surface area (Å²) in [4.78, 5) is 25.3. The molecule has 0 radical (unpaired) electrons. The minimum absolute atomic E-state index is 0.0407. The molecule has 0 aromatic heterocycles. The molecule has 1 aromatic carbocycles. The van der Waals surface area contributed by atoms with E-state index in [1.807, 2.05) is 30.3 Å². The summed E-state index contributed by atoms with van der Waals surface area (Å²) < 4.78 is 0. The van der Waals surface area contributed by atoms with E-state index in [1.54, 1.807) is 0 Å². The molecular formula is C15H18BrN3O3. The molecule has 1 aromatic rings. The van der Waals surface area contributed by atoms with Crippen molar-refractivity contribution in [1.29, 1.82) is 0 Å². The number of carbonyl (C=O) groups excluding carboxylic acids is 1. The highest BCUT2D eigenvalue weighted by atomic mass is 79.9. The SMILES string of the molecule is O=C(O)[C@@H]1CCCN1C(=O)C1NNC(c2ccccc2)C1Br. The van der Waals surface area contributed by atoms with Crippen LogP contribution in [0.4, 0.5) is 0 Å². The normalized spacial score (nSPS) is 31.4. The first-order valence-corrected chi connectivity index (χ1v) is 8.24. The average Bonchev–Trinajstić information content (AvgIpc) is 3.14. The largest absolute Gasteiger partial charge is 0.480 e. The van der Waals surface area contributed by atoms with Gasteiger partial charge in [-0.2, -0.15) is 0 Å². The number of likely N-dealkylation sites (tertiary alicyclic amines) is 1. The van der Waals surface area contributed by atoms with Crippen LogP contribution in [0.25, 0.3) is 0 Å². The van der Waals surface area contributed by atoms with Gasteiger partial charge >= 0.3 is 5.97 Å². The highest BCUT2D eigenvalue weighted by Crippen LogP contribution is 2.31. The fraction of sp³-hybridized carbons (Fsp3) is 0.467. The van der Waals surface area contributed by atoms with Gasteiger partial charge in [0.1, 0.15) is 12.1 Å². The molecular weight excluding hydrogens is 350 g/mol. The summed E-state index contributed by atoms with van der Waals surface area (Å²) in [5.74, 6) is -1.10. The predicted octanol–water partition coefficient (Wildman–Crippen LogP) is 1.04. The van der Waals surface area contributed by atoms with Crippen LogP contribution in [0.3, 0.4) is 0 Å². The maximum absolute atomic E-state index is 12.7. The van der Waals surface area contributed by atoms with Gasteiger partial charge in [-0.05, 0) is 18.4 Å². The zero-order valence-electron chi connectivity index (χ0n) is 11.9. The molecule has 6 nitrogen and oxygen atoms in total. The van der Waals surface area contributed by atoms with Gasteiger partial charge in [0.05, 0.1) is 10.9 Å². The molecule has 2 heterocycles. The monoisotopic (exact) mass is 367 g/mol. The summed E-state index contributed by atoms with van der Waals surface area (Å²) in [5.41, 5.74) is 7.21. The Bertz CT molecular complexity index is 568. The Kier molecular flexibility index (Phi) is 4.46. The van der Waals surface area contributed by atoms with Crippen LogP contribution >= 0.6 is 15.9 Å². The molecule has 4 atom stereocenters. The van der Waals surface area contributed by atoms with Crippen LogP contribution in [0.1, 0.15) is 24.4 Å². The molecule has 1 amide bonds. The van der Waals surface area contributed by atoms with Gasteiger partial charge in [-0.15, -0.1) is 0 Å². The van der Waals surface area contributed by atoms with E-state index in [9.17, 15) is 14.7 Å². The van der Waals surface area contributed by atoms with Crippen LogP contribution in [0.5, 0.6) is 0 Å². The number of halogens is 1. The van der Waals surface area contributed by atoms with Gasteiger partial charge in [0, 0.05) is 6.54 Å². The van der Waals surface area contributed by atoms with Crippen molar-refractivity contribution in [1.82, 2.24) is 15.8 Å². The standard InChI is InChI=1S/C15H18BrN3O3/c16-11-12(9-5-2-1-3-6-9)17-18-13(11)14(20)19-8-4-7-10(19)15(21)22/h1-3,5-6,10-13,17-18H,4,7-8H2,(H,21,22)/t10-,11?,12?,13?/m0/s1. The first-order chi connectivity index (χ1) is 10.6. The lowest BCUT2D eigenvalue weighted by Crippen LogP contribution is -2.51. The number of amides is 1. The maximum atomic E-state index is 12.7. The van der Waals surface area contributed by atoms with E-state index in [0.717, 1.165) is 12.0 Å². The second kappa shape index (κ2) is 6.36. The highest BCUT2D eigenvalue weighted by Gasteiger charge is 2.44.